The summed E-state index contributed by atoms with van der Waals surface area (Å²) in [5, 5.41) is 0. The molecule has 1 heterocycles. The van der Waals surface area contributed by atoms with E-state index in [2.05, 4.69) is 83.4 Å². The fraction of sp³-hybridized carbons (Fsp3) is 0.600. The van der Waals surface area contributed by atoms with Crippen LogP contribution in [0.25, 0.3) is 0 Å². The zero-order valence-electron chi connectivity index (χ0n) is 24.2. The van der Waals surface area contributed by atoms with Crippen LogP contribution in [0.2, 0.25) is 0 Å². The number of hydrogen-bond donors (Lipinski definition) is 0. The fourth-order valence-electron chi connectivity index (χ4n) is 4.61. The topological polar surface area (TPSA) is 48.9 Å². The van der Waals surface area contributed by atoms with E-state index in [1.165, 1.54) is 0 Å². The van der Waals surface area contributed by atoms with E-state index in [0.717, 1.165) is 74.7 Å². The summed E-state index contributed by atoms with van der Waals surface area (Å²) in [7, 11) is 0. The van der Waals surface area contributed by atoms with Gasteiger partial charge in [-0.2, -0.15) is 0 Å². The number of pyridine rings is 1. The van der Waals surface area contributed by atoms with Gasteiger partial charge in [-0.15, -0.1) is 0 Å². The Balaban J connectivity index is 2.66. The average molecular weight is 576 g/mol. The van der Waals surface area contributed by atoms with E-state index in [1.54, 1.807) is 0 Å². The van der Waals surface area contributed by atoms with Crippen molar-refractivity contribution in [1.82, 2.24) is 19.7 Å². The van der Waals surface area contributed by atoms with Gasteiger partial charge in [0.2, 0.25) is 0 Å². The summed E-state index contributed by atoms with van der Waals surface area (Å²) in [6.07, 6.45) is 1.85. The molecule has 0 aliphatic rings. The number of aryl methyl sites for hydroxylation is 2. The summed E-state index contributed by atoms with van der Waals surface area (Å²) in [5.74, 6) is 0.327. The van der Waals surface area contributed by atoms with E-state index in [-0.39, 0.29) is 12.0 Å². The molecule has 1 atom stereocenters. The zero-order chi connectivity index (χ0) is 27.6. The lowest BCUT2D eigenvalue weighted by Gasteiger charge is -2.36. The maximum atomic E-state index is 13.0. The van der Waals surface area contributed by atoms with Crippen molar-refractivity contribution in [2.24, 2.45) is 0 Å². The van der Waals surface area contributed by atoms with E-state index in [4.69, 9.17) is 9.72 Å². The van der Waals surface area contributed by atoms with Gasteiger partial charge in [0.05, 0.1) is 11.7 Å². The van der Waals surface area contributed by atoms with Crippen LogP contribution in [0.15, 0.2) is 36.5 Å². The van der Waals surface area contributed by atoms with Crippen molar-refractivity contribution in [1.29, 1.82) is 0 Å². The second-order valence-corrected chi connectivity index (χ2v) is 12.1. The number of carbonyl (C=O) groups is 1. The molecule has 7 heteroatoms. The Hall–Kier alpha value is -1.80. The Morgan fingerprint density at radius 1 is 0.946 bits per heavy atom. The minimum Gasteiger partial charge on any atom is -0.425 e. The van der Waals surface area contributed by atoms with E-state index < -0.39 is 4.32 Å². The third kappa shape index (κ3) is 9.17. The predicted molar refractivity (Wildman–Crippen MR) is 158 cm³/mol. The molecular formula is C30H47BrN4O2. The fourth-order valence-corrected chi connectivity index (χ4v) is 4.69. The van der Waals surface area contributed by atoms with Crippen LogP contribution in [0.3, 0.4) is 0 Å². The van der Waals surface area contributed by atoms with Gasteiger partial charge in [0.1, 0.15) is 10.1 Å². The summed E-state index contributed by atoms with van der Waals surface area (Å²) < 4.78 is 5.34. The summed E-state index contributed by atoms with van der Waals surface area (Å²) in [6, 6.07) is 10.2. The predicted octanol–water partition coefficient (Wildman–Crippen LogP) is 5.85. The first-order valence-electron chi connectivity index (χ1n) is 13.7. The van der Waals surface area contributed by atoms with Crippen molar-refractivity contribution in [2.45, 2.75) is 65.8 Å². The molecule has 0 saturated heterocycles. The standard InChI is InChI=1S/C30H47BrN4O2/c1-9-33(10-2)17-19-35(20-18-34(11-3)12-4)27(26-15-13-14-16-32-26)25-22-23(5)21-24(6)28(25)37-29(36)30(7,8)31/h13-16,21-22,27H,9-12,17-20H2,1-8H3. The quantitative estimate of drug-likeness (QED) is 0.151. The lowest BCUT2D eigenvalue weighted by atomic mass is 9.95. The molecule has 0 saturated carbocycles. The van der Waals surface area contributed by atoms with E-state index in [0.29, 0.717) is 5.75 Å². The number of alkyl halides is 1. The highest BCUT2D eigenvalue weighted by Crippen LogP contribution is 2.38. The molecule has 6 nitrogen and oxygen atoms in total. The molecule has 0 N–H and O–H groups in total. The molecule has 0 fully saturated rings. The third-order valence-corrected chi connectivity index (χ3v) is 7.27. The molecule has 0 bridgehead atoms. The average Bonchev–Trinajstić information content (AvgIpc) is 2.86. The van der Waals surface area contributed by atoms with Crippen molar-refractivity contribution in [3.05, 3.63) is 58.9 Å². The largest absolute Gasteiger partial charge is 0.425 e. The molecule has 2 aromatic rings. The summed E-state index contributed by atoms with van der Waals surface area (Å²) in [5.41, 5.74) is 4.04. The van der Waals surface area contributed by atoms with Crippen LogP contribution in [0.5, 0.6) is 5.75 Å². The Morgan fingerprint density at radius 3 is 1.97 bits per heavy atom. The van der Waals surface area contributed by atoms with Crippen LogP contribution in [0.1, 0.15) is 70.0 Å². The second-order valence-electron chi connectivity index (χ2n) is 10.1. The second kappa shape index (κ2) is 15.0. The van der Waals surface area contributed by atoms with Gasteiger partial charge in [-0.1, -0.05) is 67.4 Å². The number of esters is 1. The summed E-state index contributed by atoms with van der Waals surface area (Å²) >= 11 is 3.48. The minimum absolute atomic E-state index is 0.146. The first-order valence-corrected chi connectivity index (χ1v) is 14.5. The Labute approximate surface area is 233 Å². The van der Waals surface area contributed by atoms with Gasteiger partial charge in [0, 0.05) is 37.9 Å². The van der Waals surface area contributed by atoms with Crippen molar-refractivity contribution in [3.63, 3.8) is 0 Å². The van der Waals surface area contributed by atoms with Crippen LogP contribution in [-0.2, 0) is 4.79 Å². The van der Waals surface area contributed by atoms with Crippen LogP contribution in [0, 0.1) is 13.8 Å². The molecule has 206 valence electrons. The highest BCUT2D eigenvalue weighted by atomic mass is 79.9. The molecule has 1 aromatic carbocycles. The highest BCUT2D eigenvalue weighted by molar-refractivity contribution is 9.10. The van der Waals surface area contributed by atoms with Crippen LogP contribution < -0.4 is 4.74 Å². The number of carbonyl (C=O) groups excluding carboxylic acids is 1. The highest BCUT2D eigenvalue weighted by Gasteiger charge is 2.32. The van der Waals surface area contributed by atoms with Crippen LogP contribution >= 0.6 is 15.9 Å². The third-order valence-electron chi connectivity index (χ3n) is 6.95. The number of likely N-dealkylation sites (N-methyl/N-ethyl adjacent to an activating group) is 2. The van der Waals surface area contributed by atoms with Gasteiger partial charge in [-0.05, 0) is 71.6 Å². The van der Waals surface area contributed by atoms with E-state index >= 15 is 0 Å². The summed E-state index contributed by atoms with van der Waals surface area (Å²) in [6.45, 7) is 24.3. The number of ether oxygens (including phenoxy) is 1. The van der Waals surface area contributed by atoms with Crippen LogP contribution in [-0.4, -0.2) is 82.3 Å². The molecule has 37 heavy (non-hydrogen) atoms. The number of aromatic nitrogens is 1. The monoisotopic (exact) mass is 574 g/mol. The van der Waals surface area contributed by atoms with Crippen LogP contribution in [0.4, 0.5) is 0 Å². The van der Waals surface area contributed by atoms with Gasteiger partial charge in [-0.3, -0.25) is 14.7 Å². The van der Waals surface area contributed by atoms with Gasteiger partial charge in [-0.25, -0.2) is 0 Å². The molecule has 1 unspecified atom stereocenters. The SMILES string of the molecule is CCN(CC)CCN(CCN(CC)CC)C(c1ccccn1)c1cc(C)cc(C)c1OC(=O)C(C)(C)Br. The lowest BCUT2D eigenvalue weighted by molar-refractivity contribution is -0.136. The summed E-state index contributed by atoms with van der Waals surface area (Å²) in [4.78, 5) is 25.3. The number of hydrogen-bond acceptors (Lipinski definition) is 6. The zero-order valence-corrected chi connectivity index (χ0v) is 25.8. The first kappa shape index (κ1) is 31.4. The molecule has 1 aromatic heterocycles. The molecule has 0 aliphatic heterocycles. The van der Waals surface area contributed by atoms with Crippen molar-refractivity contribution in [3.8, 4) is 5.75 Å². The van der Waals surface area contributed by atoms with Crippen molar-refractivity contribution < 1.29 is 9.53 Å². The van der Waals surface area contributed by atoms with Gasteiger partial charge in [0.15, 0.2) is 0 Å². The van der Waals surface area contributed by atoms with E-state index in [9.17, 15) is 4.79 Å². The van der Waals surface area contributed by atoms with Crippen molar-refractivity contribution in [2.75, 3.05) is 52.4 Å². The maximum absolute atomic E-state index is 13.0. The smallest absolute Gasteiger partial charge is 0.327 e. The van der Waals surface area contributed by atoms with E-state index in [1.807, 2.05) is 39.1 Å². The molecule has 0 amide bonds. The van der Waals surface area contributed by atoms with Gasteiger partial charge >= 0.3 is 5.97 Å². The molecule has 2 rings (SSSR count). The van der Waals surface area contributed by atoms with Gasteiger partial charge in [0.25, 0.3) is 0 Å². The van der Waals surface area contributed by atoms with Crippen molar-refractivity contribution >= 4 is 21.9 Å². The first-order chi connectivity index (χ1) is 17.5. The normalized spacial score (nSPS) is 13.0. The lowest BCUT2D eigenvalue weighted by Crippen LogP contribution is -2.42. The maximum Gasteiger partial charge on any atom is 0.327 e. The molecular weight excluding hydrogens is 528 g/mol. The number of nitrogens with zero attached hydrogens (tertiary/aromatic N) is 4. The van der Waals surface area contributed by atoms with Gasteiger partial charge < -0.3 is 14.5 Å². The Morgan fingerprint density at radius 2 is 1.51 bits per heavy atom. The Bertz CT molecular complexity index is 954. The number of halogens is 1. The molecule has 0 spiro atoms. The minimum atomic E-state index is -0.784. The number of rotatable bonds is 15. The molecule has 0 radical (unpaired) electrons. The molecule has 0 aliphatic carbocycles. The Kier molecular flexibility index (Phi) is 12.7. The number of benzene rings is 1.